The van der Waals surface area contributed by atoms with Crippen LogP contribution in [0.1, 0.15) is 38.0 Å². The Morgan fingerprint density at radius 1 is 1.32 bits per heavy atom. The smallest absolute Gasteiger partial charge is 0.208 e. The third kappa shape index (κ3) is 2.66. The van der Waals surface area contributed by atoms with Gasteiger partial charge in [0, 0.05) is 16.0 Å². The van der Waals surface area contributed by atoms with E-state index in [0.717, 1.165) is 12.8 Å². The zero-order valence-electron chi connectivity index (χ0n) is 10.8. The highest BCUT2D eigenvalue weighted by Gasteiger charge is 2.21. The lowest BCUT2D eigenvalue weighted by molar-refractivity contribution is 0.500. The van der Waals surface area contributed by atoms with E-state index < -0.39 is 10.8 Å². The minimum absolute atomic E-state index is 0.307. The summed E-state index contributed by atoms with van der Waals surface area (Å²) in [5.41, 5.74) is 7.81. The van der Waals surface area contributed by atoms with E-state index in [1.807, 2.05) is 12.1 Å². The van der Waals surface area contributed by atoms with Crippen LogP contribution in [0.3, 0.4) is 0 Å². The first-order chi connectivity index (χ1) is 9.24. The van der Waals surface area contributed by atoms with Crippen LogP contribution in [0.2, 0.25) is 0 Å². The third-order valence-electron chi connectivity index (χ3n) is 3.68. The highest BCUT2D eigenvalue weighted by Crippen LogP contribution is 2.26. The van der Waals surface area contributed by atoms with Crippen molar-refractivity contribution < 1.29 is 8.63 Å². The largest absolute Gasteiger partial charge is 0.440 e. The lowest BCUT2D eigenvalue weighted by Gasteiger charge is -2.19. The molecule has 1 aromatic carbocycles. The highest BCUT2D eigenvalue weighted by molar-refractivity contribution is 7.84. The van der Waals surface area contributed by atoms with Crippen LogP contribution < -0.4 is 5.73 Å². The second-order valence-electron chi connectivity index (χ2n) is 5.09. The molecule has 2 aromatic rings. The molecule has 5 heteroatoms. The number of anilines is 1. The summed E-state index contributed by atoms with van der Waals surface area (Å²) < 4.78 is 17.9. The zero-order valence-corrected chi connectivity index (χ0v) is 11.6. The first-order valence-electron chi connectivity index (χ1n) is 6.75. The molecule has 2 N–H and O–H groups in total. The van der Waals surface area contributed by atoms with Crippen LogP contribution in [0.4, 0.5) is 5.69 Å². The van der Waals surface area contributed by atoms with Crippen LogP contribution >= 0.6 is 0 Å². The lowest BCUT2D eigenvalue weighted by atomic mass is 10.0. The maximum absolute atomic E-state index is 12.3. The van der Waals surface area contributed by atoms with Gasteiger partial charge in [-0.25, -0.2) is 4.98 Å². The van der Waals surface area contributed by atoms with E-state index in [9.17, 15) is 4.21 Å². The summed E-state index contributed by atoms with van der Waals surface area (Å²) in [6, 6.07) is 5.48. The Kier molecular flexibility index (Phi) is 3.55. The van der Waals surface area contributed by atoms with Gasteiger partial charge in [-0.15, -0.1) is 0 Å². The molecule has 1 fully saturated rings. The number of hydrogen-bond acceptors (Lipinski definition) is 4. The second-order valence-corrected chi connectivity index (χ2v) is 6.80. The lowest BCUT2D eigenvalue weighted by Crippen LogP contribution is -2.19. The van der Waals surface area contributed by atoms with Gasteiger partial charge in [0.2, 0.25) is 5.89 Å². The summed E-state index contributed by atoms with van der Waals surface area (Å²) >= 11 is 0. The fraction of sp³-hybridized carbons (Fsp3) is 0.500. The van der Waals surface area contributed by atoms with Crippen molar-refractivity contribution in [3.05, 3.63) is 24.1 Å². The summed E-state index contributed by atoms with van der Waals surface area (Å²) in [4.78, 5) is 4.36. The van der Waals surface area contributed by atoms with E-state index in [4.69, 9.17) is 10.2 Å². The summed E-state index contributed by atoms with van der Waals surface area (Å²) in [6.07, 6.45) is 5.78. The van der Waals surface area contributed by atoms with Gasteiger partial charge in [-0.2, -0.15) is 0 Å². The molecule has 19 heavy (non-hydrogen) atoms. The van der Waals surface area contributed by atoms with E-state index >= 15 is 0 Å². The number of rotatable bonds is 3. The molecular formula is C14H18N2O2S. The fourth-order valence-corrected chi connectivity index (χ4v) is 4.11. The number of oxazole rings is 1. The molecular weight excluding hydrogens is 260 g/mol. The Bertz CT molecular complexity index is 603. The quantitative estimate of drug-likeness (QED) is 0.876. The number of nitrogens with zero attached hydrogens (tertiary/aromatic N) is 1. The van der Waals surface area contributed by atoms with E-state index in [1.54, 1.807) is 6.07 Å². The van der Waals surface area contributed by atoms with Gasteiger partial charge in [-0.1, -0.05) is 25.3 Å². The molecule has 1 saturated carbocycles. The molecule has 1 aromatic heterocycles. The third-order valence-corrected chi connectivity index (χ3v) is 5.43. The van der Waals surface area contributed by atoms with E-state index in [0.29, 0.717) is 33.7 Å². The molecule has 1 atom stereocenters. The Hall–Kier alpha value is -1.36. The Morgan fingerprint density at radius 2 is 2.11 bits per heavy atom. The molecule has 0 saturated heterocycles. The van der Waals surface area contributed by atoms with Crippen molar-refractivity contribution in [2.24, 2.45) is 0 Å². The Labute approximate surface area is 114 Å². The molecule has 0 bridgehead atoms. The Balaban J connectivity index is 1.77. The van der Waals surface area contributed by atoms with Crippen LogP contribution in [0.5, 0.6) is 0 Å². The first-order valence-corrected chi connectivity index (χ1v) is 8.13. The number of aromatic nitrogens is 1. The number of nitrogens with two attached hydrogens (primary N) is 1. The van der Waals surface area contributed by atoms with Gasteiger partial charge in [0.15, 0.2) is 5.58 Å². The highest BCUT2D eigenvalue weighted by atomic mass is 32.2. The summed E-state index contributed by atoms with van der Waals surface area (Å²) in [5, 5.41) is 0.307. The van der Waals surface area contributed by atoms with Gasteiger partial charge in [-0.05, 0) is 25.0 Å². The van der Waals surface area contributed by atoms with Crippen LogP contribution in [0.25, 0.3) is 11.1 Å². The SMILES string of the molecule is Nc1cccc2oc(CS(=O)C3CCCCC3)nc12. The molecule has 0 spiro atoms. The van der Waals surface area contributed by atoms with Gasteiger partial charge in [-0.3, -0.25) is 4.21 Å². The van der Waals surface area contributed by atoms with Gasteiger partial charge < -0.3 is 10.2 Å². The van der Waals surface area contributed by atoms with Gasteiger partial charge in [0.25, 0.3) is 0 Å². The van der Waals surface area contributed by atoms with Crippen LogP contribution in [0.15, 0.2) is 22.6 Å². The topological polar surface area (TPSA) is 69.1 Å². The summed E-state index contributed by atoms with van der Waals surface area (Å²) in [7, 11) is -0.888. The number of benzene rings is 1. The van der Waals surface area contributed by atoms with E-state index in [1.165, 1.54) is 19.3 Å². The maximum Gasteiger partial charge on any atom is 0.208 e. The first kappa shape index (κ1) is 12.7. The van der Waals surface area contributed by atoms with Crippen molar-refractivity contribution in [1.29, 1.82) is 0 Å². The standard InChI is InChI=1S/C14H18N2O2S/c15-11-7-4-8-12-14(11)16-13(18-12)9-19(17)10-5-2-1-3-6-10/h4,7-8,10H,1-3,5-6,9,15H2. The predicted octanol–water partition coefficient (Wildman–Crippen LogP) is 2.99. The molecule has 102 valence electrons. The number of hydrogen-bond donors (Lipinski definition) is 1. The molecule has 4 nitrogen and oxygen atoms in total. The normalized spacial score (nSPS) is 18.7. The van der Waals surface area contributed by atoms with Gasteiger partial charge >= 0.3 is 0 Å². The average molecular weight is 278 g/mol. The molecule has 0 aliphatic heterocycles. The number of para-hydroxylation sites is 1. The fourth-order valence-electron chi connectivity index (χ4n) is 2.65. The average Bonchev–Trinajstić information content (AvgIpc) is 2.84. The van der Waals surface area contributed by atoms with Crippen molar-refractivity contribution in [1.82, 2.24) is 4.98 Å². The second kappa shape index (κ2) is 5.33. The summed E-state index contributed by atoms with van der Waals surface area (Å²) in [6.45, 7) is 0. The van der Waals surface area contributed by atoms with Crippen molar-refractivity contribution in [2.75, 3.05) is 5.73 Å². The van der Waals surface area contributed by atoms with Crippen LogP contribution in [-0.4, -0.2) is 14.4 Å². The van der Waals surface area contributed by atoms with Crippen molar-refractivity contribution >= 4 is 27.6 Å². The molecule has 0 amide bonds. The molecule has 1 heterocycles. The molecule has 1 aliphatic carbocycles. The van der Waals surface area contributed by atoms with Crippen molar-refractivity contribution in [3.63, 3.8) is 0 Å². The minimum Gasteiger partial charge on any atom is -0.440 e. The van der Waals surface area contributed by atoms with Gasteiger partial charge in [0.05, 0.1) is 5.69 Å². The molecule has 3 rings (SSSR count). The summed E-state index contributed by atoms with van der Waals surface area (Å²) in [5.74, 6) is 0.940. The van der Waals surface area contributed by atoms with E-state index in [-0.39, 0.29) is 0 Å². The molecule has 1 aliphatic rings. The Morgan fingerprint density at radius 3 is 2.84 bits per heavy atom. The monoisotopic (exact) mass is 278 g/mol. The van der Waals surface area contributed by atoms with Crippen LogP contribution in [-0.2, 0) is 16.6 Å². The molecule has 1 unspecified atom stereocenters. The van der Waals surface area contributed by atoms with Crippen molar-refractivity contribution in [2.45, 2.75) is 43.1 Å². The van der Waals surface area contributed by atoms with Crippen LogP contribution in [0, 0.1) is 0 Å². The van der Waals surface area contributed by atoms with Gasteiger partial charge in [0.1, 0.15) is 11.3 Å². The molecule has 0 radical (unpaired) electrons. The number of nitrogen functional groups attached to an aromatic ring is 1. The zero-order chi connectivity index (χ0) is 13.2. The van der Waals surface area contributed by atoms with E-state index in [2.05, 4.69) is 4.98 Å². The minimum atomic E-state index is -0.888. The predicted molar refractivity (Wildman–Crippen MR) is 77.1 cm³/mol. The van der Waals surface area contributed by atoms with Crippen molar-refractivity contribution in [3.8, 4) is 0 Å². The number of fused-ring (bicyclic) bond motifs is 1. The maximum atomic E-state index is 12.3.